The number of hydrogen-bond donors (Lipinski definition) is 1. The second-order valence-corrected chi connectivity index (χ2v) is 7.66. The maximum atomic E-state index is 12.5. The van der Waals surface area contributed by atoms with Gasteiger partial charge in [-0.05, 0) is 31.0 Å². The minimum atomic E-state index is -0.772. The van der Waals surface area contributed by atoms with Gasteiger partial charge in [-0.15, -0.1) is 0 Å². The molecule has 1 aromatic heterocycles. The van der Waals surface area contributed by atoms with Crippen molar-refractivity contribution in [2.75, 3.05) is 13.7 Å². The smallest absolute Gasteiger partial charge is 0.337 e. The standard InChI is InChI=1S/C21H21N3O7/c1-30-21(29)11-6-7-14-15(8-11)22-16(23-18(14)26)10-31-17(25)9-24-19(27)12-4-2-3-5-13(12)20(24)28/h6-8,12-13H,2-5,9-10H2,1H3,(H,22,23,26). The average Bonchev–Trinajstić information content (AvgIpc) is 3.02. The van der Waals surface area contributed by atoms with E-state index in [4.69, 9.17) is 4.74 Å². The zero-order valence-electron chi connectivity index (χ0n) is 16.9. The Morgan fingerprint density at radius 1 is 1.13 bits per heavy atom. The Bertz CT molecular complexity index is 1120. The fourth-order valence-electron chi connectivity index (χ4n) is 4.21. The van der Waals surface area contributed by atoms with Gasteiger partial charge in [0, 0.05) is 0 Å². The van der Waals surface area contributed by atoms with Gasteiger partial charge in [-0.3, -0.25) is 24.1 Å². The van der Waals surface area contributed by atoms with Crippen molar-refractivity contribution in [3.8, 4) is 0 Å². The van der Waals surface area contributed by atoms with Crippen LogP contribution in [0, 0.1) is 11.8 Å². The zero-order valence-corrected chi connectivity index (χ0v) is 16.9. The van der Waals surface area contributed by atoms with Crippen LogP contribution in [0.25, 0.3) is 10.9 Å². The summed E-state index contributed by atoms with van der Waals surface area (Å²) in [5, 5.41) is 0.263. The normalized spacial score (nSPS) is 20.6. The van der Waals surface area contributed by atoms with Gasteiger partial charge in [-0.25, -0.2) is 9.78 Å². The first-order valence-electron chi connectivity index (χ1n) is 10.0. The molecule has 10 nitrogen and oxygen atoms in total. The molecule has 162 valence electrons. The van der Waals surface area contributed by atoms with Crippen molar-refractivity contribution in [3.05, 3.63) is 39.9 Å². The van der Waals surface area contributed by atoms with Crippen LogP contribution in [0.2, 0.25) is 0 Å². The lowest BCUT2D eigenvalue weighted by molar-refractivity contribution is -0.154. The average molecular weight is 427 g/mol. The molecular formula is C21H21N3O7. The van der Waals surface area contributed by atoms with E-state index in [0.717, 1.165) is 17.7 Å². The fraction of sp³-hybridized carbons (Fsp3) is 0.429. The molecular weight excluding hydrogens is 406 g/mol. The molecule has 1 saturated heterocycles. The van der Waals surface area contributed by atoms with E-state index in [1.807, 2.05) is 0 Å². The van der Waals surface area contributed by atoms with Gasteiger partial charge in [0.05, 0.1) is 35.4 Å². The highest BCUT2D eigenvalue weighted by Crippen LogP contribution is 2.37. The summed E-state index contributed by atoms with van der Waals surface area (Å²) in [6, 6.07) is 4.31. The Kier molecular flexibility index (Phi) is 5.53. The van der Waals surface area contributed by atoms with Crippen LogP contribution in [0.5, 0.6) is 0 Å². The Balaban J connectivity index is 1.44. The molecule has 2 fully saturated rings. The largest absolute Gasteiger partial charge is 0.465 e. The van der Waals surface area contributed by atoms with Crippen molar-refractivity contribution >= 4 is 34.7 Å². The number of likely N-dealkylation sites (tertiary alicyclic amines) is 1. The molecule has 0 radical (unpaired) electrons. The highest BCUT2D eigenvalue weighted by Gasteiger charge is 2.48. The Morgan fingerprint density at radius 3 is 2.45 bits per heavy atom. The zero-order chi connectivity index (χ0) is 22.1. The molecule has 1 N–H and O–H groups in total. The molecule has 2 heterocycles. The maximum absolute atomic E-state index is 12.5. The molecule has 1 aliphatic carbocycles. The van der Waals surface area contributed by atoms with Crippen molar-refractivity contribution in [1.29, 1.82) is 0 Å². The summed E-state index contributed by atoms with van der Waals surface area (Å²) in [4.78, 5) is 68.8. The number of rotatable bonds is 5. The van der Waals surface area contributed by atoms with E-state index in [9.17, 15) is 24.0 Å². The van der Waals surface area contributed by atoms with Crippen molar-refractivity contribution < 1.29 is 28.7 Å². The minimum Gasteiger partial charge on any atom is -0.465 e. The predicted molar refractivity (Wildman–Crippen MR) is 106 cm³/mol. The summed E-state index contributed by atoms with van der Waals surface area (Å²) in [7, 11) is 1.24. The molecule has 2 aliphatic rings. The number of H-pyrrole nitrogens is 1. The second kappa shape index (κ2) is 8.29. The molecule has 4 rings (SSSR count). The van der Waals surface area contributed by atoms with Crippen LogP contribution in [-0.2, 0) is 30.5 Å². The van der Waals surface area contributed by atoms with Gasteiger partial charge in [0.2, 0.25) is 11.8 Å². The Labute approximate surface area is 176 Å². The van der Waals surface area contributed by atoms with Crippen LogP contribution >= 0.6 is 0 Å². The lowest BCUT2D eigenvalue weighted by atomic mass is 9.81. The first kappa shape index (κ1) is 20.7. The molecule has 2 atom stereocenters. The molecule has 10 heteroatoms. The van der Waals surface area contributed by atoms with Crippen molar-refractivity contribution in [2.24, 2.45) is 11.8 Å². The molecule has 1 saturated carbocycles. The van der Waals surface area contributed by atoms with Crippen LogP contribution in [0.1, 0.15) is 41.9 Å². The highest BCUT2D eigenvalue weighted by atomic mass is 16.5. The monoisotopic (exact) mass is 427 g/mol. The number of hydrogen-bond acceptors (Lipinski definition) is 8. The SMILES string of the molecule is COC(=O)c1ccc2c(=O)[nH]c(COC(=O)CN3C(=O)C4CCCCC4C3=O)nc2c1. The van der Waals surface area contributed by atoms with Crippen LogP contribution in [0.4, 0.5) is 0 Å². The van der Waals surface area contributed by atoms with Crippen molar-refractivity contribution in [1.82, 2.24) is 14.9 Å². The van der Waals surface area contributed by atoms with Crippen LogP contribution in [-0.4, -0.2) is 52.3 Å². The first-order chi connectivity index (χ1) is 14.9. The summed E-state index contributed by atoms with van der Waals surface area (Å²) >= 11 is 0. The number of carbonyl (C=O) groups is 4. The summed E-state index contributed by atoms with van der Waals surface area (Å²) in [6.07, 6.45) is 3.13. The van der Waals surface area contributed by atoms with Gasteiger partial charge in [0.1, 0.15) is 19.0 Å². The molecule has 2 amide bonds. The number of amides is 2. The van der Waals surface area contributed by atoms with E-state index in [0.29, 0.717) is 12.8 Å². The van der Waals surface area contributed by atoms with Crippen LogP contribution < -0.4 is 5.56 Å². The van der Waals surface area contributed by atoms with E-state index >= 15 is 0 Å². The van der Waals surface area contributed by atoms with Gasteiger partial charge in [0.25, 0.3) is 5.56 Å². The van der Waals surface area contributed by atoms with Crippen LogP contribution in [0.3, 0.4) is 0 Å². The van der Waals surface area contributed by atoms with Crippen LogP contribution in [0.15, 0.2) is 23.0 Å². The topological polar surface area (TPSA) is 136 Å². The third-order valence-electron chi connectivity index (χ3n) is 5.77. The Hall–Kier alpha value is -3.56. The summed E-state index contributed by atoms with van der Waals surface area (Å²) in [5.41, 5.74) is 0.0108. The van der Waals surface area contributed by atoms with Crippen molar-refractivity contribution in [2.45, 2.75) is 32.3 Å². The summed E-state index contributed by atoms with van der Waals surface area (Å²) in [5.74, 6) is -2.59. The molecule has 0 spiro atoms. The van der Waals surface area contributed by atoms with E-state index < -0.39 is 24.0 Å². The number of carbonyl (C=O) groups excluding carboxylic acids is 4. The number of esters is 2. The number of nitrogens with one attached hydrogen (secondary N) is 1. The minimum absolute atomic E-state index is 0.0700. The lowest BCUT2D eigenvalue weighted by Gasteiger charge is -2.19. The van der Waals surface area contributed by atoms with Gasteiger partial charge >= 0.3 is 11.9 Å². The molecule has 31 heavy (non-hydrogen) atoms. The molecule has 1 aliphatic heterocycles. The molecule has 0 bridgehead atoms. The third kappa shape index (κ3) is 3.92. The first-order valence-corrected chi connectivity index (χ1v) is 10.0. The van der Waals surface area contributed by atoms with Gasteiger partial charge < -0.3 is 14.5 Å². The van der Waals surface area contributed by atoms with E-state index in [1.165, 1.54) is 25.3 Å². The number of imide groups is 1. The molecule has 2 aromatic rings. The fourth-order valence-corrected chi connectivity index (χ4v) is 4.21. The number of aromatic nitrogens is 2. The lowest BCUT2D eigenvalue weighted by Crippen LogP contribution is -2.36. The number of fused-ring (bicyclic) bond motifs is 2. The summed E-state index contributed by atoms with van der Waals surface area (Å²) in [6.45, 7) is -0.815. The van der Waals surface area contributed by atoms with Crippen molar-refractivity contribution in [3.63, 3.8) is 0 Å². The van der Waals surface area contributed by atoms with E-state index in [1.54, 1.807) is 0 Å². The van der Waals surface area contributed by atoms with E-state index in [-0.39, 0.29) is 52.5 Å². The number of ether oxygens (including phenoxy) is 2. The Morgan fingerprint density at radius 2 is 1.81 bits per heavy atom. The quantitative estimate of drug-likeness (QED) is 0.550. The predicted octanol–water partition coefficient (Wildman–Crippen LogP) is 0.928. The van der Waals surface area contributed by atoms with Gasteiger partial charge in [0.15, 0.2) is 0 Å². The van der Waals surface area contributed by atoms with Gasteiger partial charge in [-0.1, -0.05) is 12.8 Å². The van der Waals surface area contributed by atoms with Gasteiger partial charge in [-0.2, -0.15) is 0 Å². The molecule has 2 unspecified atom stereocenters. The number of benzene rings is 1. The third-order valence-corrected chi connectivity index (χ3v) is 5.77. The second-order valence-electron chi connectivity index (χ2n) is 7.66. The molecule has 1 aromatic carbocycles. The number of aromatic amines is 1. The van der Waals surface area contributed by atoms with E-state index in [2.05, 4.69) is 14.7 Å². The number of nitrogens with zero attached hydrogens (tertiary/aromatic N) is 2. The maximum Gasteiger partial charge on any atom is 0.337 e. The summed E-state index contributed by atoms with van der Waals surface area (Å²) < 4.78 is 9.79. The number of methoxy groups -OCH3 is 1. The highest BCUT2D eigenvalue weighted by molar-refractivity contribution is 6.07.